The zero-order valence-electron chi connectivity index (χ0n) is 14.2. The molecule has 26 heavy (non-hydrogen) atoms. The highest BCUT2D eigenvalue weighted by atomic mass is 32.2. The second kappa shape index (κ2) is 5.74. The van der Waals surface area contributed by atoms with Crippen molar-refractivity contribution in [3.8, 4) is 5.75 Å². The molecule has 5 rings (SSSR count). The van der Waals surface area contributed by atoms with Crippen molar-refractivity contribution >= 4 is 9.84 Å². The van der Waals surface area contributed by atoms with Crippen molar-refractivity contribution in [2.45, 2.75) is 28.2 Å². The monoisotopic (exact) mass is 365 g/mol. The maximum absolute atomic E-state index is 13.0. The van der Waals surface area contributed by atoms with Crippen LogP contribution < -0.4 is 4.74 Å². The van der Waals surface area contributed by atoms with E-state index in [9.17, 15) is 8.42 Å². The topological polar surface area (TPSA) is 46.6 Å². The van der Waals surface area contributed by atoms with Crippen LogP contribution in [0.1, 0.15) is 17.9 Å². The van der Waals surface area contributed by atoms with E-state index in [2.05, 4.69) is 17.1 Å². The smallest absolute Gasteiger partial charge is 0.206 e. The van der Waals surface area contributed by atoms with Crippen molar-refractivity contribution in [3.05, 3.63) is 78.0 Å². The molecule has 0 spiro atoms. The van der Waals surface area contributed by atoms with Gasteiger partial charge in [0.25, 0.3) is 0 Å². The largest absolute Gasteiger partial charge is 0.491 e. The van der Waals surface area contributed by atoms with E-state index < -0.39 is 9.84 Å². The maximum atomic E-state index is 13.0. The molecule has 2 heterocycles. The van der Waals surface area contributed by atoms with Crippen LogP contribution >= 0.6 is 0 Å². The Labute approximate surface area is 153 Å². The summed E-state index contributed by atoms with van der Waals surface area (Å²) in [5.74, 6) is 1.12. The molecule has 2 aliphatic heterocycles. The van der Waals surface area contributed by atoms with Crippen molar-refractivity contribution in [1.29, 1.82) is 0 Å². The lowest BCUT2D eigenvalue weighted by Crippen LogP contribution is -2.39. The minimum atomic E-state index is -3.52. The third-order valence-corrected chi connectivity index (χ3v) is 7.33. The van der Waals surface area contributed by atoms with E-state index >= 15 is 0 Å². The van der Waals surface area contributed by atoms with Crippen LogP contribution in [0.2, 0.25) is 0 Å². The van der Waals surface area contributed by atoms with Crippen LogP contribution in [0.5, 0.6) is 5.75 Å². The van der Waals surface area contributed by atoms with Gasteiger partial charge in [-0.15, -0.1) is 0 Å². The van der Waals surface area contributed by atoms with Crippen molar-refractivity contribution in [3.63, 3.8) is 0 Å². The summed E-state index contributed by atoms with van der Waals surface area (Å²) in [4.78, 5) is 3.05. The third-order valence-electron chi connectivity index (χ3n) is 5.57. The first kappa shape index (κ1) is 15.7. The van der Waals surface area contributed by atoms with Crippen LogP contribution in [0, 0.1) is 0 Å². The summed E-state index contributed by atoms with van der Waals surface area (Å²) in [6, 6.07) is 14.2. The first-order chi connectivity index (χ1) is 12.6. The molecule has 1 aliphatic carbocycles. The van der Waals surface area contributed by atoms with E-state index in [0.29, 0.717) is 22.3 Å². The van der Waals surface area contributed by atoms with Gasteiger partial charge in [0.1, 0.15) is 12.4 Å². The summed E-state index contributed by atoms with van der Waals surface area (Å²) in [6.45, 7) is 1.62. The van der Waals surface area contributed by atoms with Gasteiger partial charge in [-0.3, -0.25) is 0 Å². The number of hydrogen-bond acceptors (Lipinski definition) is 4. The summed E-state index contributed by atoms with van der Waals surface area (Å²) in [6.07, 6.45) is 7.30. The van der Waals surface area contributed by atoms with Gasteiger partial charge in [-0.1, -0.05) is 24.3 Å². The van der Waals surface area contributed by atoms with Gasteiger partial charge in [0.2, 0.25) is 9.84 Å². The number of sulfone groups is 1. The molecular formula is C21H19NO3S. The summed E-state index contributed by atoms with van der Waals surface area (Å²) >= 11 is 0. The van der Waals surface area contributed by atoms with Crippen molar-refractivity contribution in [2.75, 3.05) is 13.2 Å². The normalized spacial score (nSPS) is 23.5. The Morgan fingerprint density at radius 1 is 1.04 bits per heavy atom. The summed E-state index contributed by atoms with van der Waals surface area (Å²) in [7, 11) is -3.52. The molecule has 2 unspecified atom stereocenters. The van der Waals surface area contributed by atoms with Gasteiger partial charge in [0.05, 0.1) is 15.8 Å². The SMILES string of the molecule is O=S(=O)(c1ccccc1)c1ccc2c(c1)C1CCN(C3=CC=C3)C1CO2. The molecule has 2 aromatic carbocycles. The lowest BCUT2D eigenvalue weighted by atomic mass is 9.89. The van der Waals surface area contributed by atoms with Crippen LogP contribution in [0.4, 0.5) is 0 Å². The van der Waals surface area contributed by atoms with Crippen molar-refractivity contribution in [1.82, 2.24) is 4.90 Å². The molecule has 132 valence electrons. The fourth-order valence-corrected chi connectivity index (χ4v) is 5.46. The third kappa shape index (κ3) is 2.31. The van der Waals surface area contributed by atoms with E-state index in [1.54, 1.807) is 30.3 Å². The first-order valence-electron chi connectivity index (χ1n) is 8.86. The molecule has 0 radical (unpaired) electrons. The van der Waals surface area contributed by atoms with Gasteiger partial charge in [-0.25, -0.2) is 8.42 Å². The zero-order chi connectivity index (χ0) is 17.7. The van der Waals surface area contributed by atoms with Crippen LogP contribution in [-0.4, -0.2) is 32.5 Å². The fourth-order valence-electron chi connectivity index (χ4n) is 4.14. The van der Waals surface area contributed by atoms with Gasteiger partial charge in [-0.2, -0.15) is 0 Å². The van der Waals surface area contributed by atoms with Crippen molar-refractivity contribution in [2.24, 2.45) is 0 Å². The van der Waals surface area contributed by atoms with Crippen LogP contribution in [0.3, 0.4) is 0 Å². The zero-order valence-corrected chi connectivity index (χ0v) is 15.0. The quantitative estimate of drug-likeness (QED) is 0.835. The molecule has 2 aromatic rings. The van der Waals surface area contributed by atoms with Crippen molar-refractivity contribution < 1.29 is 13.2 Å². The Morgan fingerprint density at radius 2 is 1.85 bits per heavy atom. The average molecular weight is 365 g/mol. The molecule has 0 bridgehead atoms. The maximum Gasteiger partial charge on any atom is 0.206 e. The number of likely N-dealkylation sites (tertiary alicyclic amines) is 1. The van der Waals surface area contributed by atoms with Gasteiger partial charge in [0.15, 0.2) is 0 Å². The highest BCUT2D eigenvalue weighted by Gasteiger charge is 2.41. The molecule has 1 saturated heterocycles. The van der Waals surface area contributed by atoms with Gasteiger partial charge in [-0.05, 0) is 48.9 Å². The minimum absolute atomic E-state index is 0.272. The minimum Gasteiger partial charge on any atom is -0.491 e. The molecule has 5 heteroatoms. The first-order valence-corrected chi connectivity index (χ1v) is 10.3. The molecule has 1 fully saturated rings. The van der Waals surface area contributed by atoms with Crippen LogP contribution in [0.15, 0.2) is 82.2 Å². The number of hydrogen-bond donors (Lipinski definition) is 0. The number of fused-ring (bicyclic) bond motifs is 3. The van der Waals surface area contributed by atoms with E-state index in [4.69, 9.17) is 4.74 Å². The number of nitrogens with zero attached hydrogens (tertiary/aromatic N) is 1. The average Bonchev–Trinajstić information content (AvgIpc) is 3.05. The molecule has 3 aliphatic rings. The second-order valence-corrected chi connectivity index (χ2v) is 8.88. The predicted octanol–water partition coefficient (Wildman–Crippen LogP) is 3.52. The Morgan fingerprint density at radius 3 is 2.58 bits per heavy atom. The highest BCUT2D eigenvalue weighted by Crippen LogP contribution is 2.45. The lowest BCUT2D eigenvalue weighted by Gasteiger charge is -2.36. The second-order valence-electron chi connectivity index (χ2n) is 6.93. The van der Waals surface area contributed by atoms with Gasteiger partial charge in [0, 0.05) is 23.7 Å². The Balaban J connectivity index is 1.53. The van der Waals surface area contributed by atoms with Gasteiger partial charge < -0.3 is 9.64 Å². The number of allylic oxidation sites excluding steroid dienone is 3. The van der Waals surface area contributed by atoms with Gasteiger partial charge >= 0.3 is 0 Å². The Hall–Kier alpha value is -2.53. The lowest BCUT2D eigenvalue weighted by molar-refractivity contribution is 0.175. The fraction of sp³-hybridized carbons (Fsp3) is 0.238. The number of rotatable bonds is 3. The summed E-state index contributed by atoms with van der Waals surface area (Å²) in [5.41, 5.74) is 2.27. The van der Waals surface area contributed by atoms with E-state index in [1.807, 2.05) is 24.3 Å². The van der Waals surface area contributed by atoms with E-state index in [0.717, 1.165) is 24.3 Å². The Kier molecular flexibility index (Phi) is 3.47. The van der Waals surface area contributed by atoms with E-state index in [1.165, 1.54) is 5.70 Å². The van der Waals surface area contributed by atoms with E-state index in [-0.39, 0.29) is 6.04 Å². The highest BCUT2D eigenvalue weighted by molar-refractivity contribution is 7.91. The molecule has 2 atom stereocenters. The molecule has 0 N–H and O–H groups in total. The number of ether oxygens (including phenoxy) is 1. The molecule has 0 saturated carbocycles. The predicted molar refractivity (Wildman–Crippen MR) is 98.9 cm³/mol. The molecule has 0 amide bonds. The molecular weight excluding hydrogens is 346 g/mol. The number of benzene rings is 2. The van der Waals surface area contributed by atoms with Crippen LogP contribution in [-0.2, 0) is 9.84 Å². The van der Waals surface area contributed by atoms with Crippen LogP contribution in [0.25, 0.3) is 0 Å². The standard InChI is InChI=1S/C21H19NO3S/c23-26(24,16-7-2-1-3-8-16)17-9-10-21-19(13-17)18-11-12-22(15-5-4-6-15)20(18)14-25-21/h1-10,13,18,20H,11-12,14H2. The summed E-state index contributed by atoms with van der Waals surface area (Å²) < 4.78 is 31.9. The molecule has 4 nitrogen and oxygen atoms in total. The Bertz CT molecular complexity index is 1020. The molecule has 0 aromatic heterocycles. The summed E-state index contributed by atoms with van der Waals surface area (Å²) in [5, 5.41) is 0.